The molecule has 7 heteroatoms. The Balaban J connectivity index is 1.89. The third kappa shape index (κ3) is 4.98. The van der Waals surface area contributed by atoms with Crippen LogP contribution in [-0.2, 0) is 14.6 Å². The molecule has 3 rings (SSSR count). The third-order valence-corrected chi connectivity index (χ3v) is 6.05. The number of benzene rings is 2. The molecule has 1 aliphatic heterocycles. The molecule has 29 heavy (non-hydrogen) atoms. The number of carbonyl (C=O) groups is 1. The molecule has 0 atom stereocenters. The second-order valence-electron chi connectivity index (χ2n) is 7.01. The highest BCUT2D eigenvalue weighted by Gasteiger charge is 2.23. The maximum absolute atomic E-state index is 12.2. The first-order valence-corrected chi connectivity index (χ1v) is 11.3. The standard InChI is InChI=1S/C22H25NO5S/c1-4-22(24)23-11-9-17(10-12-23)28-18-13-16(14-19(15-18)29(3,25)26)20-7-5-6-8-21(20)27-2/h4-8,13-15,17H,1,9-12H2,2-3H3. The molecule has 0 spiro atoms. The van der Waals surface area contributed by atoms with E-state index in [1.54, 1.807) is 24.1 Å². The zero-order chi connectivity index (χ0) is 21.0. The van der Waals surface area contributed by atoms with Crippen LogP contribution < -0.4 is 9.47 Å². The first kappa shape index (κ1) is 20.9. The van der Waals surface area contributed by atoms with E-state index in [0.717, 1.165) is 5.56 Å². The zero-order valence-electron chi connectivity index (χ0n) is 16.6. The molecule has 0 bridgehead atoms. The molecule has 0 unspecified atom stereocenters. The quantitative estimate of drug-likeness (QED) is 0.677. The van der Waals surface area contributed by atoms with Gasteiger partial charge < -0.3 is 14.4 Å². The highest BCUT2D eigenvalue weighted by atomic mass is 32.2. The molecule has 1 heterocycles. The molecule has 1 saturated heterocycles. The van der Waals surface area contributed by atoms with E-state index in [9.17, 15) is 13.2 Å². The molecule has 2 aromatic rings. The summed E-state index contributed by atoms with van der Waals surface area (Å²) in [4.78, 5) is 13.7. The largest absolute Gasteiger partial charge is 0.496 e. The first-order valence-electron chi connectivity index (χ1n) is 9.38. The fourth-order valence-corrected chi connectivity index (χ4v) is 4.08. The Bertz CT molecular complexity index is 1010. The molecular formula is C22H25NO5S. The summed E-state index contributed by atoms with van der Waals surface area (Å²) in [5.41, 5.74) is 1.50. The number of hydrogen-bond acceptors (Lipinski definition) is 5. The Labute approximate surface area is 171 Å². The van der Waals surface area contributed by atoms with Gasteiger partial charge in [0.1, 0.15) is 17.6 Å². The second kappa shape index (κ2) is 8.69. The highest BCUT2D eigenvalue weighted by molar-refractivity contribution is 7.90. The van der Waals surface area contributed by atoms with E-state index in [4.69, 9.17) is 9.47 Å². The molecule has 1 amide bonds. The lowest BCUT2D eigenvalue weighted by atomic mass is 10.0. The van der Waals surface area contributed by atoms with Crippen molar-refractivity contribution in [1.82, 2.24) is 4.90 Å². The number of piperidine rings is 1. The number of para-hydroxylation sites is 1. The van der Waals surface area contributed by atoms with E-state index in [0.29, 0.717) is 43.0 Å². The van der Waals surface area contributed by atoms with Crippen molar-refractivity contribution in [3.63, 3.8) is 0 Å². The zero-order valence-corrected chi connectivity index (χ0v) is 17.4. The molecule has 0 aromatic heterocycles. The first-order chi connectivity index (χ1) is 13.8. The summed E-state index contributed by atoms with van der Waals surface area (Å²) in [6.45, 7) is 4.69. The molecule has 1 aliphatic rings. The summed E-state index contributed by atoms with van der Waals surface area (Å²) >= 11 is 0. The molecule has 6 nitrogen and oxygen atoms in total. The van der Waals surface area contributed by atoms with Gasteiger partial charge in [0, 0.05) is 37.8 Å². The number of sulfone groups is 1. The maximum atomic E-state index is 12.2. The maximum Gasteiger partial charge on any atom is 0.245 e. The SMILES string of the molecule is C=CC(=O)N1CCC(Oc2cc(-c3ccccc3OC)cc(S(C)(=O)=O)c2)CC1. The molecule has 2 aromatic carbocycles. The Morgan fingerprint density at radius 1 is 1.17 bits per heavy atom. The molecule has 0 aliphatic carbocycles. The normalized spacial score (nSPS) is 15.0. The molecule has 0 saturated carbocycles. The number of likely N-dealkylation sites (tertiary alicyclic amines) is 1. The monoisotopic (exact) mass is 415 g/mol. The van der Waals surface area contributed by atoms with Crippen LogP contribution in [0.3, 0.4) is 0 Å². The van der Waals surface area contributed by atoms with Crippen molar-refractivity contribution in [2.24, 2.45) is 0 Å². The van der Waals surface area contributed by atoms with Crippen LogP contribution in [0.25, 0.3) is 11.1 Å². The summed E-state index contributed by atoms with van der Waals surface area (Å²) < 4.78 is 36.0. The number of ether oxygens (including phenoxy) is 2. The van der Waals surface area contributed by atoms with Crippen molar-refractivity contribution in [3.8, 4) is 22.6 Å². The van der Waals surface area contributed by atoms with Gasteiger partial charge in [0.25, 0.3) is 0 Å². The summed E-state index contributed by atoms with van der Waals surface area (Å²) in [7, 11) is -1.85. The fourth-order valence-electron chi connectivity index (χ4n) is 3.41. The van der Waals surface area contributed by atoms with Gasteiger partial charge in [-0.25, -0.2) is 8.42 Å². The van der Waals surface area contributed by atoms with Crippen molar-refractivity contribution < 1.29 is 22.7 Å². The third-order valence-electron chi connectivity index (χ3n) is 4.96. The van der Waals surface area contributed by atoms with Gasteiger partial charge in [0.05, 0.1) is 12.0 Å². The lowest BCUT2D eigenvalue weighted by molar-refractivity contribution is -0.127. The van der Waals surface area contributed by atoms with Crippen LogP contribution in [0.4, 0.5) is 0 Å². The van der Waals surface area contributed by atoms with Crippen LogP contribution in [0.2, 0.25) is 0 Å². The summed E-state index contributed by atoms with van der Waals surface area (Å²) in [5, 5.41) is 0. The number of hydrogen-bond donors (Lipinski definition) is 0. The van der Waals surface area contributed by atoms with E-state index < -0.39 is 9.84 Å². The van der Waals surface area contributed by atoms with Gasteiger partial charge >= 0.3 is 0 Å². The van der Waals surface area contributed by atoms with E-state index in [-0.39, 0.29) is 16.9 Å². The fraction of sp³-hybridized carbons (Fsp3) is 0.318. The van der Waals surface area contributed by atoms with E-state index in [1.807, 2.05) is 30.3 Å². The minimum Gasteiger partial charge on any atom is -0.496 e. The smallest absolute Gasteiger partial charge is 0.245 e. The molecular weight excluding hydrogens is 390 g/mol. The molecule has 0 N–H and O–H groups in total. The summed E-state index contributed by atoms with van der Waals surface area (Å²) in [5.74, 6) is 1.06. The Kier molecular flexibility index (Phi) is 6.27. The van der Waals surface area contributed by atoms with Crippen LogP contribution in [0.5, 0.6) is 11.5 Å². The van der Waals surface area contributed by atoms with Crippen molar-refractivity contribution in [3.05, 3.63) is 55.1 Å². The van der Waals surface area contributed by atoms with Crippen molar-refractivity contribution in [2.45, 2.75) is 23.8 Å². The molecule has 0 radical (unpaired) electrons. The predicted molar refractivity (Wildman–Crippen MR) is 112 cm³/mol. The lowest BCUT2D eigenvalue weighted by Gasteiger charge is -2.31. The van der Waals surface area contributed by atoms with Crippen LogP contribution in [0.1, 0.15) is 12.8 Å². The minimum atomic E-state index is -3.42. The predicted octanol–water partition coefficient (Wildman–Crippen LogP) is 3.32. The number of methoxy groups -OCH3 is 1. The van der Waals surface area contributed by atoms with Crippen molar-refractivity contribution in [2.75, 3.05) is 26.5 Å². The van der Waals surface area contributed by atoms with Gasteiger partial charge in [-0.2, -0.15) is 0 Å². The van der Waals surface area contributed by atoms with Gasteiger partial charge in [-0.3, -0.25) is 4.79 Å². The molecule has 154 valence electrons. The number of amides is 1. The lowest BCUT2D eigenvalue weighted by Crippen LogP contribution is -2.41. The van der Waals surface area contributed by atoms with Gasteiger partial charge in [-0.1, -0.05) is 24.8 Å². The van der Waals surface area contributed by atoms with Crippen LogP contribution in [0.15, 0.2) is 60.0 Å². The Morgan fingerprint density at radius 3 is 2.48 bits per heavy atom. The summed E-state index contributed by atoms with van der Waals surface area (Å²) in [6.07, 6.45) is 3.75. The van der Waals surface area contributed by atoms with E-state index >= 15 is 0 Å². The molecule has 1 fully saturated rings. The number of carbonyl (C=O) groups excluding carboxylic acids is 1. The van der Waals surface area contributed by atoms with Crippen molar-refractivity contribution in [1.29, 1.82) is 0 Å². The van der Waals surface area contributed by atoms with E-state index in [2.05, 4.69) is 6.58 Å². The Morgan fingerprint density at radius 2 is 1.86 bits per heavy atom. The minimum absolute atomic E-state index is 0.0824. The average molecular weight is 416 g/mol. The highest BCUT2D eigenvalue weighted by Crippen LogP contribution is 2.34. The number of nitrogens with zero attached hydrogens (tertiary/aromatic N) is 1. The van der Waals surface area contributed by atoms with Gasteiger partial charge in [-0.05, 0) is 35.9 Å². The second-order valence-corrected chi connectivity index (χ2v) is 9.03. The van der Waals surface area contributed by atoms with Crippen molar-refractivity contribution >= 4 is 15.7 Å². The topological polar surface area (TPSA) is 72.9 Å². The average Bonchev–Trinajstić information content (AvgIpc) is 2.72. The van der Waals surface area contributed by atoms with E-state index in [1.165, 1.54) is 12.3 Å². The van der Waals surface area contributed by atoms with Gasteiger partial charge in [0.2, 0.25) is 5.91 Å². The number of rotatable bonds is 6. The Hall–Kier alpha value is -2.80. The summed E-state index contributed by atoms with van der Waals surface area (Å²) in [6, 6.07) is 12.4. The van der Waals surface area contributed by atoms with Crippen LogP contribution >= 0.6 is 0 Å². The van der Waals surface area contributed by atoms with Gasteiger partial charge in [-0.15, -0.1) is 0 Å². The van der Waals surface area contributed by atoms with Crippen LogP contribution in [0, 0.1) is 0 Å². The van der Waals surface area contributed by atoms with Gasteiger partial charge in [0.15, 0.2) is 9.84 Å². The van der Waals surface area contributed by atoms with Crippen LogP contribution in [-0.4, -0.2) is 51.8 Å².